The summed E-state index contributed by atoms with van der Waals surface area (Å²) in [5.41, 5.74) is -2.98. The first-order chi connectivity index (χ1) is 29.8. The van der Waals surface area contributed by atoms with Gasteiger partial charge < -0.3 is 89.7 Å². The van der Waals surface area contributed by atoms with Gasteiger partial charge in [0.15, 0.2) is 18.9 Å². The third-order valence-electron chi connectivity index (χ3n) is 19.0. The molecule has 5 aliphatic carbocycles. The van der Waals surface area contributed by atoms with Crippen LogP contribution in [-0.4, -0.2) is 191 Å². The predicted molar refractivity (Wildman–Crippen MR) is 222 cm³/mol. The van der Waals surface area contributed by atoms with E-state index in [0.29, 0.717) is 32.1 Å². The van der Waals surface area contributed by atoms with Gasteiger partial charge in [-0.25, -0.2) is 0 Å². The third kappa shape index (κ3) is 7.68. The van der Waals surface area contributed by atoms with E-state index in [-0.39, 0.29) is 53.1 Å². The smallest absolute Gasteiger partial charge is 0.186 e. The number of hydrogen-bond acceptors (Lipinski definition) is 18. The molecule has 12 N–H and O–H groups in total. The molecule has 8 fully saturated rings. The van der Waals surface area contributed by atoms with Crippen LogP contribution in [0, 0.1) is 50.7 Å². The highest BCUT2D eigenvalue weighted by molar-refractivity contribution is 5.32. The first kappa shape index (κ1) is 49.7. The van der Waals surface area contributed by atoms with Gasteiger partial charge in [-0.15, -0.1) is 0 Å². The van der Waals surface area contributed by atoms with Crippen LogP contribution in [0.3, 0.4) is 0 Å². The molecule has 0 aromatic carbocycles. The van der Waals surface area contributed by atoms with Gasteiger partial charge in [0, 0.05) is 0 Å². The number of hydrogen-bond donors (Lipinski definition) is 12. The van der Waals surface area contributed by atoms with Crippen molar-refractivity contribution in [3.8, 4) is 0 Å². The Hall–Kier alpha value is -0.720. The van der Waals surface area contributed by atoms with Crippen molar-refractivity contribution in [2.24, 2.45) is 50.7 Å². The van der Waals surface area contributed by atoms with E-state index < -0.39 is 127 Å². The van der Waals surface area contributed by atoms with Crippen LogP contribution >= 0.6 is 0 Å². The summed E-state index contributed by atoms with van der Waals surface area (Å²) in [5.74, 6) is -0.269. The van der Waals surface area contributed by atoms with E-state index in [0.717, 1.165) is 25.7 Å². The Morgan fingerprint density at radius 3 is 1.98 bits per heavy atom. The van der Waals surface area contributed by atoms with Gasteiger partial charge >= 0.3 is 0 Å². The van der Waals surface area contributed by atoms with Gasteiger partial charge in [0.1, 0.15) is 61.0 Å². The average Bonchev–Trinajstić information content (AvgIpc) is 3.81. The Kier molecular flexibility index (Phi) is 13.4. The first-order valence-electron chi connectivity index (χ1n) is 23.8. The zero-order valence-electron chi connectivity index (χ0n) is 38.4. The summed E-state index contributed by atoms with van der Waals surface area (Å²) < 4.78 is 36.8. The minimum atomic E-state index is -1.64. The molecule has 3 heterocycles. The van der Waals surface area contributed by atoms with Gasteiger partial charge in [0.25, 0.3) is 0 Å². The number of ether oxygens (including phenoxy) is 6. The Morgan fingerprint density at radius 2 is 1.33 bits per heavy atom. The standard InChI is InChI=1S/C46H78O18/c1-20(8-9-27(51)42(4,5)58)29-24(61-39-35(57)33(55)32(54)25(16-47)62-39)15-44(7)26-14-21(48)37-41(2,3)28(10-11-46(37)19-45(26,46)13-12-43(29,44)6)63-40-36(31(53)23(50)18-60-40)64-38-34(56)30(52)22(49)17-59-38/h20-40,47-58H,8-19H2,1-7H3/t20-,21+,22+,23-,24+,25-,26?,27?,28+,29+,30+,31+,32-,33+,34-,35-,36-,37+,38+,39-,40+,43-,44+,45+,46-/m1/s1. The molecule has 0 aromatic heterocycles. The van der Waals surface area contributed by atoms with E-state index in [1.807, 2.05) is 0 Å². The van der Waals surface area contributed by atoms with Crippen molar-refractivity contribution in [1.82, 2.24) is 0 Å². The zero-order valence-corrected chi connectivity index (χ0v) is 38.4. The van der Waals surface area contributed by atoms with Crippen LogP contribution in [0.15, 0.2) is 0 Å². The summed E-state index contributed by atoms with van der Waals surface area (Å²) in [5, 5.41) is 129. The average molecular weight is 919 g/mol. The van der Waals surface area contributed by atoms with E-state index in [1.54, 1.807) is 13.8 Å². The van der Waals surface area contributed by atoms with Crippen molar-refractivity contribution in [3.63, 3.8) is 0 Å². The molecule has 25 atom stereocenters. The van der Waals surface area contributed by atoms with Gasteiger partial charge in [-0.1, -0.05) is 34.6 Å². The van der Waals surface area contributed by atoms with Crippen molar-refractivity contribution < 1.29 is 89.7 Å². The minimum absolute atomic E-state index is 0.0345. The lowest BCUT2D eigenvalue weighted by Crippen LogP contribution is -2.63. The number of fused-ring (bicyclic) bond motifs is 2. The number of aliphatic hydroxyl groups excluding tert-OH is 11. The molecular weight excluding hydrogens is 840 g/mol. The molecule has 8 rings (SSSR count). The fourth-order valence-corrected chi connectivity index (χ4v) is 15.4. The van der Waals surface area contributed by atoms with Gasteiger partial charge in [-0.3, -0.25) is 0 Å². The highest BCUT2D eigenvalue weighted by atomic mass is 16.8. The summed E-state index contributed by atoms with van der Waals surface area (Å²) in [6.07, 6.45) is -15.1. The van der Waals surface area contributed by atoms with Crippen LogP contribution in [0.5, 0.6) is 0 Å². The highest BCUT2D eigenvalue weighted by Gasteiger charge is 2.84. The predicted octanol–water partition coefficient (Wildman–Crippen LogP) is -0.973. The lowest BCUT2D eigenvalue weighted by Gasteiger charge is -2.64. The second-order valence-electron chi connectivity index (χ2n) is 23.1. The molecule has 0 amide bonds. The molecule has 2 spiro atoms. The third-order valence-corrected chi connectivity index (χ3v) is 19.0. The van der Waals surface area contributed by atoms with Gasteiger partial charge in [-0.05, 0) is 122 Å². The molecule has 0 radical (unpaired) electrons. The van der Waals surface area contributed by atoms with Crippen molar-refractivity contribution in [2.75, 3.05) is 19.8 Å². The van der Waals surface area contributed by atoms with E-state index in [2.05, 4.69) is 34.6 Å². The lowest BCUT2D eigenvalue weighted by molar-refractivity contribution is -0.356. The number of aliphatic hydroxyl groups is 12. The topological polar surface area (TPSA) is 298 Å². The maximum Gasteiger partial charge on any atom is 0.186 e. The van der Waals surface area contributed by atoms with Crippen LogP contribution in [0.25, 0.3) is 0 Å². The molecule has 2 unspecified atom stereocenters. The van der Waals surface area contributed by atoms with Crippen LogP contribution in [0.2, 0.25) is 0 Å². The van der Waals surface area contributed by atoms with Crippen molar-refractivity contribution in [2.45, 2.75) is 216 Å². The Labute approximate surface area is 375 Å². The molecule has 3 saturated heterocycles. The minimum Gasteiger partial charge on any atom is -0.394 e. The maximum atomic E-state index is 12.6. The molecule has 370 valence electrons. The molecule has 5 saturated carbocycles. The highest BCUT2D eigenvalue weighted by Crippen LogP contribution is 2.89. The quantitative estimate of drug-likeness (QED) is 0.105. The summed E-state index contributed by atoms with van der Waals surface area (Å²) in [6.45, 7) is 13.0. The summed E-state index contributed by atoms with van der Waals surface area (Å²) in [6, 6.07) is 0. The second kappa shape index (κ2) is 17.3. The zero-order chi connectivity index (χ0) is 46.9. The first-order valence-corrected chi connectivity index (χ1v) is 23.8. The molecule has 64 heavy (non-hydrogen) atoms. The van der Waals surface area contributed by atoms with Gasteiger partial charge in [-0.2, -0.15) is 0 Å². The Morgan fingerprint density at radius 1 is 0.688 bits per heavy atom. The van der Waals surface area contributed by atoms with Crippen LogP contribution in [-0.2, 0) is 28.4 Å². The van der Waals surface area contributed by atoms with Crippen LogP contribution in [0.1, 0.15) is 106 Å². The van der Waals surface area contributed by atoms with Crippen LogP contribution < -0.4 is 0 Å². The number of rotatable bonds is 12. The lowest BCUT2D eigenvalue weighted by atomic mass is 9.41. The normalized spacial score (nSPS) is 54.5. The molecule has 8 aliphatic rings. The maximum absolute atomic E-state index is 12.6. The molecular formula is C46H78O18. The van der Waals surface area contributed by atoms with Gasteiger partial charge in [0.2, 0.25) is 0 Å². The van der Waals surface area contributed by atoms with E-state index in [9.17, 15) is 61.3 Å². The Balaban J connectivity index is 1.05. The van der Waals surface area contributed by atoms with Crippen LogP contribution in [0.4, 0.5) is 0 Å². The fourth-order valence-electron chi connectivity index (χ4n) is 15.4. The van der Waals surface area contributed by atoms with Crippen molar-refractivity contribution in [3.05, 3.63) is 0 Å². The van der Waals surface area contributed by atoms with E-state index >= 15 is 0 Å². The SMILES string of the molecule is C[C@H](CCC(O)C(C)(C)O)[C@H]1[C@@H](O[C@@H]2O[C@H](CO)[C@@H](O)[C@H](O)[C@H]2O)C[C@@]2(C)C3C[C@H](O)[C@H]4C(C)(C)[C@@H](O[C@@H]5OC[C@@H](O)[C@H](O)[C@H]5O[C@@H]5OC[C@H](O)[C@H](O)[C@H]5O)CC[C@@]45C[C@@]35CC[C@]12C. The molecule has 18 nitrogen and oxygen atoms in total. The summed E-state index contributed by atoms with van der Waals surface area (Å²) in [7, 11) is 0. The fraction of sp³-hybridized carbons (Fsp3) is 1.00. The molecule has 18 heteroatoms. The molecule has 0 bridgehead atoms. The summed E-state index contributed by atoms with van der Waals surface area (Å²) >= 11 is 0. The Bertz CT molecular complexity index is 1650. The monoisotopic (exact) mass is 919 g/mol. The summed E-state index contributed by atoms with van der Waals surface area (Å²) in [4.78, 5) is 0. The molecule has 3 aliphatic heterocycles. The van der Waals surface area contributed by atoms with Gasteiger partial charge in [0.05, 0.1) is 49.8 Å². The van der Waals surface area contributed by atoms with E-state index in [1.165, 1.54) is 0 Å². The molecule has 0 aromatic rings. The van der Waals surface area contributed by atoms with E-state index in [4.69, 9.17) is 28.4 Å². The second-order valence-corrected chi connectivity index (χ2v) is 23.1. The largest absolute Gasteiger partial charge is 0.394 e. The van der Waals surface area contributed by atoms with Crippen molar-refractivity contribution >= 4 is 0 Å². The van der Waals surface area contributed by atoms with Crippen molar-refractivity contribution in [1.29, 1.82) is 0 Å².